The van der Waals surface area contributed by atoms with Gasteiger partial charge in [0.05, 0.1) is 5.60 Å². The van der Waals surface area contributed by atoms with Gasteiger partial charge in [0.2, 0.25) is 5.91 Å². The summed E-state index contributed by atoms with van der Waals surface area (Å²) in [5, 5.41) is 13.8. The zero-order valence-electron chi connectivity index (χ0n) is 11.2. The molecule has 0 aromatic heterocycles. The van der Waals surface area contributed by atoms with Crippen molar-refractivity contribution < 1.29 is 9.90 Å². The van der Waals surface area contributed by atoms with Crippen LogP contribution >= 0.6 is 0 Å². The highest BCUT2D eigenvalue weighted by molar-refractivity contribution is 5.93. The standard InChI is InChI=1S/C15H22N2O2/c16-14(18)12-6-5-7-13(10-12)17-11-15(19)8-3-1-2-4-9-15/h5-7,10,17,19H,1-4,8-9,11H2,(H2,16,18). The van der Waals surface area contributed by atoms with Gasteiger partial charge < -0.3 is 16.2 Å². The van der Waals surface area contributed by atoms with Crippen LogP contribution < -0.4 is 11.1 Å². The number of nitrogens with two attached hydrogens (primary N) is 1. The van der Waals surface area contributed by atoms with Crippen LogP contribution in [0.3, 0.4) is 0 Å². The van der Waals surface area contributed by atoms with Crippen molar-refractivity contribution in [3.8, 4) is 0 Å². The van der Waals surface area contributed by atoms with E-state index in [9.17, 15) is 9.90 Å². The number of amides is 1. The van der Waals surface area contributed by atoms with Gasteiger partial charge in [-0.15, -0.1) is 0 Å². The molecule has 0 atom stereocenters. The van der Waals surface area contributed by atoms with Crippen molar-refractivity contribution in [2.45, 2.75) is 44.1 Å². The largest absolute Gasteiger partial charge is 0.388 e. The van der Waals surface area contributed by atoms with Crippen molar-refractivity contribution in [3.63, 3.8) is 0 Å². The van der Waals surface area contributed by atoms with Crippen LogP contribution in [-0.2, 0) is 0 Å². The molecule has 4 N–H and O–H groups in total. The molecular formula is C15H22N2O2. The number of carbonyl (C=O) groups excluding carboxylic acids is 1. The second-order valence-corrected chi connectivity index (χ2v) is 5.44. The Morgan fingerprint density at radius 3 is 2.58 bits per heavy atom. The summed E-state index contributed by atoms with van der Waals surface area (Å²) in [4.78, 5) is 11.1. The van der Waals surface area contributed by atoms with Crippen LogP contribution in [0.1, 0.15) is 48.9 Å². The number of benzene rings is 1. The minimum Gasteiger partial charge on any atom is -0.388 e. The molecule has 1 aromatic rings. The number of nitrogens with one attached hydrogen (secondary N) is 1. The number of hydrogen-bond donors (Lipinski definition) is 3. The van der Waals surface area contributed by atoms with Gasteiger partial charge in [-0.05, 0) is 31.0 Å². The van der Waals surface area contributed by atoms with E-state index in [0.29, 0.717) is 12.1 Å². The van der Waals surface area contributed by atoms with E-state index in [1.165, 1.54) is 12.8 Å². The topological polar surface area (TPSA) is 75.4 Å². The lowest BCUT2D eigenvalue weighted by molar-refractivity contribution is 0.0381. The molecule has 0 spiro atoms. The van der Waals surface area contributed by atoms with Crippen molar-refractivity contribution in [3.05, 3.63) is 29.8 Å². The fourth-order valence-corrected chi connectivity index (χ4v) is 2.61. The zero-order chi connectivity index (χ0) is 13.7. The lowest BCUT2D eigenvalue weighted by Crippen LogP contribution is -2.36. The van der Waals surface area contributed by atoms with Crippen molar-refractivity contribution in [1.82, 2.24) is 0 Å². The predicted octanol–water partition coefficient (Wildman–Crippen LogP) is 2.28. The first-order chi connectivity index (χ1) is 9.09. The molecule has 0 heterocycles. The minimum absolute atomic E-state index is 0.433. The van der Waals surface area contributed by atoms with Gasteiger partial charge in [-0.2, -0.15) is 0 Å². The number of carbonyl (C=O) groups is 1. The molecule has 104 valence electrons. The van der Waals surface area contributed by atoms with Crippen molar-refractivity contribution in [1.29, 1.82) is 0 Å². The van der Waals surface area contributed by atoms with Crippen molar-refractivity contribution in [2.75, 3.05) is 11.9 Å². The molecule has 1 fully saturated rings. The fourth-order valence-electron chi connectivity index (χ4n) is 2.61. The Balaban J connectivity index is 1.97. The predicted molar refractivity (Wildman–Crippen MR) is 76.1 cm³/mol. The zero-order valence-corrected chi connectivity index (χ0v) is 11.2. The lowest BCUT2D eigenvalue weighted by atomic mass is 9.94. The molecule has 1 saturated carbocycles. The van der Waals surface area contributed by atoms with E-state index in [1.54, 1.807) is 18.2 Å². The summed E-state index contributed by atoms with van der Waals surface area (Å²) in [5.74, 6) is -0.433. The van der Waals surface area contributed by atoms with Gasteiger partial charge in [-0.25, -0.2) is 0 Å². The lowest BCUT2D eigenvalue weighted by Gasteiger charge is -2.27. The summed E-state index contributed by atoms with van der Waals surface area (Å²) < 4.78 is 0. The average molecular weight is 262 g/mol. The van der Waals surface area contributed by atoms with Gasteiger partial charge in [-0.3, -0.25) is 4.79 Å². The number of rotatable bonds is 4. The van der Waals surface area contributed by atoms with E-state index in [-0.39, 0.29) is 0 Å². The maximum absolute atomic E-state index is 11.1. The molecule has 0 unspecified atom stereocenters. The highest BCUT2D eigenvalue weighted by Crippen LogP contribution is 2.27. The molecular weight excluding hydrogens is 240 g/mol. The summed E-state index contributed by atoms with van der Waals surface area (Å²) in [6.07, 6.45) is 6.27. The minimum atomic E-state index is -0.626. The summed E-state index contributed by atoms with van der Waals surface area (Å²) >= 11 is 0. The Morgan fingerprint density at radius 2 is 1.95 bits per heavy atom. The molecule has 0 aliphatic heterocycles. The first-order valence-electron chi connectivity index (χ1n) is 6.95. The Bertz CT molecular complexity index is 438. The van der Waals surface area contributed by atoms with Gasteiger partial charge in [0.25, 0.3) is 0 Å². The van der Waals surface area contributed by atoms with E-state index in [1.807, 2.05) is 6.07 Å². The van der Waals surface area contributed by atoms with Gasteiger partial charge >= 0.3 is 0 Å². The molecule has 19 heavy (non-hydrogen) atoms. The molecule has 0 radical (unpaired) electrons. The maximum Gasteiger partial charge on any atom is 0.248 e. The summed E-state index contributed by atoms with van der Waals surface area (Å²) in [6.45, 7) is 0.523. The third-order valence-electron chi connectivity index (χ3n) is 3.80. The van der Waals surface area contributed by atoms with Crippen LogP contribution in [0.25, 0.3) is 0 Å². The van der Waals surface area contributed by atoms with E-state index >= 15 is 0 Å². The van der Waals surface area contributed by atoms with Crippen molar-refractivity contribution >= 4 is 11.6 Å². The molecule has 4 nitrogen and oxygen atoms in total. The number of aliphatic hydroxyl groups is 1. The molecule has 0 saturated heterocycles. The summed E-state index contributed by atoms with van der Waals surface area (Å²) in [5.41, 5.74) is 5.94. The Morgan fingerprint density at radius 1 is 1.26 bits per heavy atom. The van der Waals surface area contributed by atoms with Gasteiger partial charge in [0.15, 0.2) is 0 Å². The molecule has 1 aliphatic carbocycles. The summed E-state index contributed by atoms with van der Waals surface area (Å²) in [6, 6.07) is 7.09. The first-order valence-corrected chi connectivity index (χ1v) is 6.95. The van der Waals surface area contributed by atoms with Crippen molar-refractivity contribution in [2.24, 2.45) is 5.73 Å². The van der Waals surface area contributed by atoms with Crippen LogP contribution in [0.2, 0.25) is 0 Å². The molecule has 1 aliphatic rings. The highest BCUT2D eigenvalue weighted by atomic mass is 16.3. The van der Waals surface area contributed by atoms with Crippen LogP contribution in [0.5, 0.6) is 0 Å². The van der Waals surface area contributed by atoms with Crippen LogP contribution in [-0.4, -0.2) is 23.2 Å². The third-order valence-corrected chi connectivity index (χ3v) is 3.80. The fraction of sp³-hybridized carbons (Fsp3) is 0.533. The monoisotopic (exact) mass is 262 g/mol. The summed E-state index contributed by atoms with van der Waals surface area (Å²) in [7, 11) is 0. The van der Waals surface area contributed by atoms with Gasteiger partial charge in [-0.1, -0.05) is 31.7 Å². The van der Waals surface area contributed by atoms with Crippen LogP contribution in [0.15, 0.2) is 24.3 Å². The smallest absolute Gasteiger partial charge is 0.248 e. The quantitative estimate of drug-likeness (QED) is 0.729. The SMILES string of the molecule is NC(=O)c1cccc(NCC2(O)CCCCCC2)c1. The molecule has 0 bridgehead atoms. The second kappa shape index (κ2) is 6.06. The van der Waals surface area contributed by atoms with Crippen LogP contribution in [0.4, 0.5) is 5.69 Å². The molecule has 4 heteroatoms. The maximum atomic E-state index is 11.1. The third kappa shape index (κ3) is 3.96. The Labute approximate surface area is 114 Å². The second-order valence-electron chi connectivity index (χ2n) is 5.44. The normalized spacial score (nSPS) is 18.6. The number of primary amides is 1. The van der Waals surface area contributed by atoms with Gasteiger partial charge in [0, 0.05) is 17.8 Å². The average Bonchev–Trinajstić information content (AvgIpc) is 2.62. The van der Waals surface area contributed by atoms with Crippen LogP contribution in [0, 0.1) is 0 Å². The molecule has 2 rings (SSSR count). The molecule has 1 amide bonds. The highest BCUT2D eigenvalue weighted by Gasteiger charge is 2.27. The Hall–Kier alpha value is -1.55. The number of hydrogen-bond acceptors (Lipinski definition) is 3. The molecule has 1 aromatic carbocycles. The van der Waals surface area contributed by atoms with Gasteiger partial charge in [0.1, 0.15) is 0 Å². The van der Waals surface area contributed by atoms with E-state index in [2.05, 4.69) is 5.32 Å². The Kier molecular flexibility index (Phi) is 4.43. The van der Waals surface area contributed by atoms with E-state index in [4.69, 9.17) is 5.73 Å². The first kappa shape index (κ1) is 13.9. The van der Waals surface area contributed by atoms with E-state index in [0.717, 1.165) is 31.4 Å². The van der Waals surface area contributed by atoms with E-state index < -0.39 is 11.5 Å². The number of anilines is 1.